The number of benzene rings is 1. The monoisotopic (exact) mass is 298 g/mol. The van der Waals surface area contributed by atoms with Crippen molar-refractivity contribution in [3.05, 3.63) is 44.5 Å². The Kier molecular flexibility index (Phi) is 4.05. The van der Waals surface area contributed by atoms with Crippen molar-refractivity contribution in [3.8, 4) is 24.3 Å². The number of nitriles is 4. The fourth-order valence-corrected chi connectivity index (χ4v) is 3.17. The van der Waals surface area contributed by atoms with E-state index in [9.17, 15) is 21.0 Å². The lowest BCUT2D eigenvalue weighted by atomic mass is 9.87. The molecule has 4 nitrogen and oxygen atoms in total. The fourth-order valence-electron chi connectivity index (χ4n) is 3.17. The van der Waals surface area contributed by atoms with Gasteiger partial charge in [-0.25, -0.2) is 0 Å². The molecular formula is C19H14N4. The Morgan fingerprint density at radius 1 is 0.609 bits per heavy atom. The molecule has 1 aliphatic rings. The van der Waals surface area contributed by atoms with Gasteiger partial charge >= 0.3 is 0 Å². The first kappa shape index (κ1) is 16.0. The minimum Gasteiger partial charge on any atom is -0.192 e. The van der Waals surface area contributed by atoms with Crippen LogP contribution >= 0.6 is 0 Å². The normalized spacial score (nSPS) is 11.8. The van der Waals surface area contributed by atoms with Crippen molar-refractivity contribution in [1.29, 1.82) is 21.0 Å². The van der Waals surface area contributed by atoms with E-state index in [2.05, 4.69) is 0 Å². The van der Waals surface area contributed by atoms with Gasteiger partial charge < -0.3 is 0 Å². The quantitative estimate of drug-likeness (QED) is 0.678. The molecule has 0 spiro atoms. The van der Waals surface area contributed by atoms with Crippen LogP contribution in [0.25, 0.3) is 11.1 Å². The van der Waals surface area contributed by atoms with E-state index in [0.717, 1.165) is 33.4 Å². The van der Waals surface area contributed by atoms with E-state index < -0.39 is 0 Å². The molecule has 0 unspecified atom stereocenters. The average Bonchev–Trinajstić information content (AvgIpc) is 2.94. The number of nitrogens with zero attached hydrogens (tertiary/aromatic N) is 4. The SMILES string of the molecule is Cc1c(C)c(C)c2c(c1C)C(=C(C#N)C#N)CC2=C(C#N)C#N. The minimum absolute atomic E-state index is 0.0437. The van der Waals surface area contributed by atoms with E-state index >= 15 is 0 Å². The molecule has 1 aliphatic carbocycles. The van der Waals surface area contributed by atoms with Crippen molar-refractivity contribution >= 4 is 11.1 Å². The zero-order valence-electron chi connectivity index (χ0n) is 13.5. The van der Waals surface area contributed by atoms with Crippen molar-refractivity contribution in [3.63, 3.8) is 0 Å². The third-order valence-electron chi connectivity index (χ3n) is 4.70. The van der Waals surface area contributed by atoms with E-state index in [4.69, 9.17) is 0 Å². The summed E-state index contributed by atoms with van der Waals surface area (Å²) in [6, 6.07) is 7.76. The zero-order valence-corrected chi connectivity index (χ0v) is 13.5. The summed E-state index contributed by atoms with van der Waals surface area (Å²) >= 11 is 0. The number of hydrogen-bond donors (Lipinski definition) is 0. The van der Waals surface area contributed by atoms with Crippen molar-refractivity contribution in [1.82, 2.24) is 0 Å². The van der Waals surface area contributed by atoms with Crippen LogP contribution < -0.4 is 0 Å². The molecule has 1 aromatic carbocycles. The van der Waals surface area contributed by atoms with Gasteiger partial charge in [-0.2, -0.15) is 21.0 Å². The van der Waals surface area contributed by atoms with Gasteiger partial charge in [0.05, 0.1) is 0 Å². The van der Waals surface area contributed by atoms with Crippen LogP contribution in [0.3, 0.4) is 0 Å². The van der Waals surface area contributed by atoms with Crippen molar-refractivity contribution in [2.45, 2.75) is 34.1 Å². The van der Waals surface area contributed by atoms with E-state index in [1.165, 1.54) is 0 Å². The zero-order chi connectivity index (χ0) is 17.3. The second-order valence-corrected chi connectivity index (χ2v) is 5.58. The molecule has 0 amide bonds. The summed E-state index contributed by atoms with van der Waals surface area (Å²) < 4.78 is 0. The molecule has 0 heterocycles. The van der Waals surface area contributed by atoms with Crippen LogP contribution in [0.5, 0.6) is 0 Å². The van der Waals surface area contributed by atoms with Crippen LogP contribution in [0.4, 0.5) is 0 Å². The van der Waals surface area contributed by atoms with Gasteiger partial charge in [0.2, 0.25) is 0 Å². The third kappa shape index (κ3) is 2.19. The highest BCUT2D eigenvalue weighted by Crippen LogP contribution is 2.48. The molecule has 0 aliphatic heterocycles. The summed E-state index contributed by atoms with van der Waals surface area (Å²) in [4.78, 5) is 0. The van der Waals surface area contributed by atoms with Crippen molar-refractivity contribution in [2.24, 2.45) is 0 Å². The van der Waals surface area contributed by atoms with Crippen molar-refractivity contribution < 1.29 is 0 Å². The smallest absolute Gasteiger partial charge is 0.133 e. The van der Waals surface area contributed by atoms with Gasteiger partial charge in [-0.05, 0) is 72.2 Å². The highest BCUT2D eigenvalue weighted by Gasteiger charge is 2.31. The standard InChI is InChI=1S/C19H14N4/c1-10-11(2)13(4)19-17(15(8-22)9-23)5-16(14(6-20)7-21)18(19)12(10)3/h5H2,1-4H3. The molecule has 0 radical (unpaired) electrons. The summed E-state index contributed by atoms with van der Waals surface area (Å²) in [5.41, 5.74) is 7.18. The second kappa shape index (κ2) is 5.81. The summed E-state index contributed by atoms with van der Waals surface area (Å²) in [6.07, 6.45) is 0.271. The second-order valence-electron chi connectivity index (χ2n) is 5.58. The summed E-state index contributed by atoms with van der Waals surface area (Å²) in [6.45, 7) is 7.92. The Labute approximate surface area is 135 Å². The van der Waals surface area contributed by atoms with Gasteiger partial charge in [0, 0.05) is 6.42 Å². The molecule has 4 heteroatoms. The largest absolute Gasteiger partial charge is 0.192 e. The Bertz CT molecular complexity index is 850. The average molecular weight is 298 g/mol. The van der Waals surface area contributed by atoms with E-state index in [0.29, 0.717) is 11.1 Å². The maximum atomic E-state index is 9.26. The number of hydrogen-bond acceptors (Lipinski definition) is 4. The van der Waals surface area contributed by atoms with Crippen molar-refractivity contribution in [2.75, 3.05) is 0 Å². The molecule has 0 fully saturated rings. The van der Waals surface area contributed by atoms with Gasteiger partial charge in [0.1, 0.15) is 35.4 Å². The molecule has 0 atom stereocenters. The number of rotatable bonds is 0. The Hall–Kier alpha value is -3.34. The Morgan fingerprint density at radius 3 is 1.17 bits per heavy atom. The first-order valence-corrected chi connectivity index (χ1v) is 7.10. The fraction of sp³-hybridized carbons (Fsp3) is 0.263. The molecule has 23 heavy (non-hydrogen) atoms. The number of fused-ring (bicyclic) bond motifs is 1. The molecule has 110 valence electrons. The van der Waals surface area contributed by atoms with Gasteiger partial charge in [0.25, 0.3) is 0 Å². The van der Waals surface area contributed by atoms with E-state index in [1.54, 1.807) is 0 Å². The third-order valence-corrected chi connectivity index (χ3v) is 4.70. The van der Waals surface area contributed by atoms with Crippen LogP contribution in [0, 0.1) is 73.0 Å². The lowest BCUT2D eigenvalue weighted by Gasteiger charge is -2.16. The van der Waals surface area contributed by atoms with Crippen LogP contribution in [-0.4, -0.2) is 0 Å². The van der Waals surface area contributed by atoms with Crippen LogP contribution in [-0.2, 0) is 0 Å². The van der Waals surface area contributed by atoms with Gasteiger partial charge in [-0.3, -0.25) is 0 Å². The topological polar surface area (TPSA) is 95.2 Å². The van der Waals surface area contributed by atoms with Gasteiger partial charge in [0.15, 0.2) is 0 Å². The molecule has 1 aromatic rings. The molecule has 0 N–H and O–H groups in total. The lowest BCUT2D eigenvalue weighted by Crippen LogP contribution is -2.00. The van der Waals surface area contributed by atoms with E-state index in [1.807, 2.05) is 52.0 Å². The van der Waals surface area contributed by atoms with Crippen LogP contribution in [0.1, 0.15) is 39.8 Å². The van der Waals surface area contributed by atoms with Gasteiger partial charge in [-0.15, -0.1) is 0 Å². The van der Waals surface area contributed by atoms with Crippen LogP contribution in [0.15, 0.2) is 11.1 Å². The van der Waals surface area contributed by atoms with Crippen LogP contribution in [0.2, 0.25) is 0 Å². The molecule has 0 saturated carbocycles. The highest BCUT2D eigenvalue weighted by atomic mass is 14.4. The highest BCUT2D eigenvalue weighted by molar-refractivity contribution is 6.00. The summed E-state index contributed by atoms with van der Waals surface area (Å²) in [5.74, 6) is 0. The molecule has 0 bridgehead atoms. The number of allylic oxidation sites excluding steroid dienone is 4. The maximum absolute atomic E-state index is 9.26. The first-order valence-electron chi connectivity index (χ1n) is 7.10. The summed E-state index contributed by atoms with van der Waals surface area (Å²) in [5, 5.41) is 37.0. The predicted molar refractivity (Wildman–Crippen MR) is 86.3 cm³/mol. The molecular weight excluding hydrogens is 284 g/mol. The minimum atomic E-state index is 0.0437. The van der Waals surface area contributed by atoms with E-state index in [-0.39, 0.29) is 17.6 Å². The Morgan fingerprint density at radius 2 is 0.913 bits per heavy atom. The predicted octanol–water partition coefficient (Wildman–Crippen LogP) is 3.93. The lowest BCUT2D eigenvalue weighted by molar-refractivity contribution is 1.20. The Balaban J connectivity index is 3.11. The maximum Gasteiger partial charge on any atom is 0.133 e. The molecule has 0 saturated heterocycles. The first-order chi connectivity index (χ1) is 10.9. The summed E-state index contributed by atoms with van der Waals surface area (Å²) in [7, 11) is 0. The molecule has 2 rings (SSSR count). The van der Waals surface area contributed by atoms with Gasteiger partial charge in [-0.1, -0.05) is 0 Å². The molecule has 0 aromatic heterocycles.